The number of hydrogen-bond acceptors (Lipinski definition) is 4. The summed E-state index contributed by atoms with van der Waals surface area (Å²) in [4.78, 5) is 0. The minimum atomic E-state index is 1.20. The predicted octanol–water partition coefficient (Wildman–Crippen LogP) is 3.36. The van der Waals surface area contributed by atoms with Crippen LogP contribution in [0.1, 0.15) is 0 Å². The smallest absolute Gasteiger partial charge is 0.0229 e. The first-order valence-corrected chi connectivity index (χ1v) is 8.28. The lowest BCUT2D eigenvalue weighted by Crippen LogP contribution is -1.97. The summed E-state index contributed by atoms with van der Waals surface area (Å²) in [6, 6.07) is 0. The second kappa shape index (κ2) is 7.77. The summed E-state index contributed by atoms with van der Waals surface area (Å²) in [5.74, 6) is 6.72. The van der Waals surface area contributed by atoms with Crippen molar-refractivity contribution < 1.29 is 0 Å². The number of hydrogen-bond donors (Lipinski definition) is 0. The van der Waals surface area contributed by atoms with Crippen LogP contribution in [0.4, 0.5) is 0 Å². The molecule has 1 fully saturated rings. The maximum Gasteiger partial charge on any atom is 0.0229 e. The maximum absolute atomic E-state index is 2.16. The van der Waals surface area contributed by atoms with Gasteiger partial charge in [-0.2, -0.15) is 23.5 Å². The van der Waals surface area contributed by atoms with E-state index in [9.17, 15) is 0 Å². The average Bonchev–Trinajstić information content (AvgIpc) is 2.64. The van der Waals surface area contributed by atoms with Gasteiger partial charge in [0.15, 0.2) is 0 Å². The summed E-state index contributed by atoms with van der Waals surface area (Å²) >= 11 is 4.15. The van der Waals surface area contributed by atoms with Crippen LogP contribution in [0.2, 0.25) is 0 Å². The molecule has 11 heavy (non-hydrogen) atoms. The summed E-state index contributed by atoms with van der Waals surface area (Å²) in [6.07, 6.45) is 2.16. The van der Waals surface area contributed by atoms with Gasteiger partial charge in [-0.05, 0) is 5.41 Å². The fraction of sp³-hybridized carbons (Fsp3) is 0.714. The van der Waals surface area contributed by atoms with E-state index in [0.29, 0.717) is 0 Å². The third-order valence-electron chi connectivity index (χ3n) is 1.13. The Kier molecular flexibility index (Phi) is 7.22. The standard InChI is InChI=1S/C4H8S2.C3H4S2/c1-2-6-4-3-5-1;1-2-4-5-3-1/h1-4H2;1-2H,3H2. The highest BCUT2D eigenvalue weighted by Crippen LogP contribution is 2.27. The van der Waals surface area contributed by atoms with Crippen LogP contribution in [0.25, 0.3) is 0 Å². The largest absolute Gasteiger partial charge is 0.160 e. The Morgan fingerprint density at radius 1 is 0.909 bits per heavy atom. The lowest BCUT2D eigenvalue weighted by molar-refractivity contribution is 1.43. The minimum absolute atomic E-state index is 1.20. The molecule has 2 heterocycles. The zero-order chi connectivity index (χ0) is 7.78. The highest BCUT2D eigenvalue weighted by atomic mass is 33.1. The van der Waals surface area contributed by atoms with Crippen molar-refractivity contribution in [2.75, 3.05) is 28.8 Å². The Bertz CT molecular complexity index is 91.5. The van der Waals surface area contributed by atoms with E-state index in [4.69, 9.17) is 0 Å². The van der Waals surface area contributed by atoms with Crippen LogP contribution in [0.5, 0.6) is 0 Å². The van der Waals surface area contributed by atoms with Crippen LogP contribution in [0.15, 0.2) is 11.5 Å². The molecule has 0 nitrogen and oxygen atoms in total. The Morgan fingerprint density at radius 3 is 1.73 bits per heavy atom. The van der Waals surface area contributed by atoms with E-state index in [1.54, 1.807) is 0 Å². The van der Waals surface area contributed by atoms with Crippen molar-refractivity contribution in [2.45, 2.75) is 0 Å². The normalized spacial score (nSPS) is 22.5. The SMILES string of the molecule is C1=CSSC1.C1CSCCS1. The van der Waals surface area contributed by atoms with Crippen LogP contribution in [-0.2, 0) is 0 Å². The van der Waals surface area contributed by atoms with Gasteiger partial charge in [0, 0.05) is 28.8 Å². The van der Waals surface area contributed by atoms with Crippen molar-refractivity contribution in [3.05, 3.63) is 11.5 Å². The third kappa shape index (κ3) is 6.31. The molecule has 0 saturated carbocycles. The van der Waals surface area contributed by atoms with Gasteiger partial charge in [0.05, 0.1) is 0 Å². The van der Waals surface area contributed by atoms with Gasteiger partial charge in [-0.25, -0.2) is 0 Å². The van der Waals surface area contributed by atoms with Crippen molar-refractivity contribution in [1.82, 2.24) is 0 Å². The van der Waals surface area contributed by atoms with Crippen LogP contribution in [-0.4, -0.2) is 28.8 Å². The van der Waals surface area contributed by atoms with Gasteiger partial charge < -0.3 is 0 Å². The molecule has 0 N–H and O–H groups in total. The second-order valence-corrected chi connectivity index (χ2v) is 6.74. The monoisotopic (exact) mass is 224 g/mol. The lowest BCUT2D eigenvalue weighted by atomic mass is 10.8. The maximum atomic E-state index is 2.16. The van der Waals surface area contributed by atoms with Crippen LogP contribution in [0, 0.1) is 0 Å². The van der Waals surface area contributed by atoms with E-state index in [-0.39, 0.29) is 0 Å². The van der Waals surface area contributed by atoms with Gasteiger partial charge in [-0.3, -0.25) is 0 Å². The molecule has 0 radical (unpaired) electrons. The van der Waals surface area contributed by atoms with E-state index in [0.717, 1.165) is 0 Å². The molecule has 0 aromatic rings. The van der Waals surface area contributed by atoms with Gasteiger partial charge >= 0.3 is 0 Å². The van der Waals surface area contributed by atoms with E-state index in [2.05, 4.69) is 35.0 Å². The molecule has 0 amide bonds. The molecular formula is C7H12S4. The average molecular weight is 224 g/mol. The first kappa shape index (κ1) is 10.2. The molecule has 0 unspecified atom stereocenters. The van der Waals surface area contributed by atoms with E-state index < -0.39 is 0 Å². The Balaban J connectivity index is 0.000000112. The Labute approximate surface area is 85.1 Å². The van der Waals surface area contributed by atoms with Gasteiger partial charge in [0.2, 0.25) is 0 Å². The van der Waals surface area contributed by atoms with Crippen molar-refractivity contribution in [3.63, 3.8) is 0 Å². The molecule has 2 aliphatic heterocycles. The summed E-state index contributed by atoms with van der Waals surface area (Å²) in [7, 11) is 3.69. The molecule has 2 rings (SSSR count). The summed E-state index contributed by atoms with van der Waals surface area (Å²) < 4.78 is 0. The highest BCUT2D eigenvalue weighted by Gasteiger charge is 1.95. The first-order valence-electron chi connectivity index (χ1n) is 3.59. The topological polar surface area (TPSA) is 0 Å². The predicted molar refractivity (Wildman–Crippen MR) is 63.8 cm³/mol. The summed E-state index contributed by atoms with van der Waals surface area (Å²) in [5.41, 5.74) is 0. The van der Waals surface area contributed by atoms with Crippen molar-refractivity contribution >= 4 is 45.1 Å². The fourth-order valence-electron chi connectivity index (χ4n) is 0.636. The second-order valence-electron chi connectivity index (χ2n) is 1.98. The molecular weight excluding hydrogens is 212 g/mol. The highest BCUT2D eigenvalue weighted by molar-refractivity contribution is 8.78. The molecule has 0 spiro atoms. The van der Waals surface area contributed by atoms with Gasteiger partial charge in [-0.1, -0.05) is 27.7 Å². The Hall–Kier alpha value is 1.14. The minimum Gasteiger partial charge on any atom is -0.160 e. The first-order chi connectivity index (χ1) is 5.50. The molecule has 1 saturated heterocycles. The molecule has 0 aliphatic carbocycles. The summed E-state index contributed by atoms with van der Waals surface area (Å²) in [6.45, 7) is 0. The number of rotatable bonds is 0. The molecule has 0 atom stereocenters. The zero-order valence-corrected chi connectivity index (χ0v) is 9.59. The fourth-order valence-corrected chi connectivity index (χ4v) is 4.50. The van der Waals surface area contributed by atoms with Gasteiger partial charge in [-0.15, -0.1) is 0 Å². The quantitative estimate of drug-likeness (QED) is 0.578. The van der Waals surface area contributed by atoms with Crippen LogP contribution < -0.4 is 0 Å². The summed E-state index contributed by atoms with van der Waals surface area (Å²) in [5, 5.41) is 2.12. The molecule has 4 heteroatoms. The Morgan fingerprint density at radius 2 is 1.55 bits per heavy atom. The van der Waals surface area contributed by atoms with Crippen molar-refractivity contribution in [3.8, 4) is 0 Å². The zero-order valence-electron chi connectivity index (χ0n) is 6.32. The third-order valence-corrected chi connectivity index (χ3v) is 5.53. The lowest BCUT2D eigenvalue weighted by Gasteiger charge is -2.05. The van der Waals surface area contributed by atoms with Crippen LogP contribution >= 0.6 is 45.1 Å². The molecule has 0 aromatic heterocycles. The van der Waals surface area contributed by atoms with Gasteiger partial charge in [0.1, 0.15) is 0 Å². The van der Waals surface area contributed by atoms with E-state index in [1.165, 1.54) is 28.8 Å². The molecule has 64 valence electrons. The van der Waals surface area contributed by atoms with Crippen molar-refractivity contribution in [2.24, 2.45) is 0 Å². The molecule has 0 bridgehead atoms. The molecule has 2 aliphatic rings. The number of thioether (sulfide) groups is 2. The molecule has 0 aromatic carbocycles. The van der Waals surface area contributed by atoms with Crippen LogP contribution in [0.3, 0.4) is 0 Å². The van der Waals surface area contributed by atoms with E-state index >= 15 is 0 Å². The van der Waals surface area contributed by atoms with Crippen molar-refractivity contribution in [1.29, 1.82) is 0 Å². The van der Waals surface area contributed by atoms with E-state index in [1.807, 2.05) is 21.6 Å². The van der Waals surface area contributed by atoms with Gasteiger partial charge in [0.25, 0.3) is 0 Å².